The SMILES string of the molecule is CC(C)n1cnnc1CN(C)Cc1ccc([C@@H]2CCCCO2)s1. The standard InChI is InChI=1S/C17H26N4OS/c1-13(2)21-12-18-19-17(21)11-20(3)10-14-7-8-16(23-14)15-6-4-5-9-22-15/h7-8,12-13,15H,4-6,9-11H2,1-3H3/t15-/m0/s1. The van der Waals surface area contributed by atoms with Gasteiger partial charge in [0.2, 0.25) is 0 Å². The molecule has 0 amide bonds. The molecular weight excluding hydrogens is 308 g/mol. The van der Waals surface area contributed by atoms with Crippen molar-refractivity contribution in [3.8, 4) is 0 Å². The third kappa shape index (κ3) is 4.19. The Morgan fingerprint density at radius 1 is 1.35 bits per heavy atom. The molecule has 3 heterocycles. The van der Waals surface area contributed by atoms with Gasteiger partial charge in [0.1, 0.15) is 12.2 Å². The minimum absolute atomic E-state index is 0.317. The first-order chi connectivity index (χ1) is 11.1. The van der Waals surface area contributed by atoms with Gasteiger partial charge in [0, 0.05) is 28.9 Å². The van der Waals surface area contributed by atoms with Gasteiger partial charge in [-0.15, -0.1) is 21.5 Å². The molecule has 0 spiro atoms. The Labute approximate surface area is 142 Å². The zero-order chi connectivity index (χ0) is 16.2. The maximum atomic E-state index is 5.88. The molecule has 6 heteroatoms. The van der Waals surface area contributed by atoms with Crippen LogP contribution in [0.25, 0.3) is 0 Å². The normalized spacial score (nSPS) is 18.9. The zero-order valence-corrected chi connectivity index (χ0v) is 15.1. The van der Waals surface area contributed by atoms with Crippen molar-refractivity contribution in [3.63, 3.8) is 0 Å². The molecule has 0 aliphatic carbocycles. The molecular formula is C17H26N4OS. The van der Waals surface area contributed by atoms with Crippen molar-refractivity contribution in [1.82, 2.24) is 19.7 Å². The topological polar surface area (TPSA) is 43.2 Å². The van der Waals surface area contributed by atoms with Crippen molar-refractivity contribution in [2.45, 2.75) is 58.3 Å². The van der Waals surface area contributed by atoms with Crippen LogP contribution >= 0.6 is 11.3 Å². The molecule has 0 bridgehead atoms. The van der Waals surface area contributed by atoms with E-state index in [1.807, 2.05) is 17.7 Å². The predicted octanol–water partition coefficient (Wildman–Crippen LogP) is 3.79. The van der Waals surface area contributed by atoms with Crippen LogP contribution in [-0.2, 0) is 17.8 Å². The molecule has 1 saturated heterocycles. The van der Waals surface area contributed by atoms with E-state index in [9.17, 15) is 0 Å². The van der Waals surface area contributed by atoms with Crippen molar-refractivity contribution in [3.05, 3.63) is 34.0 Å². The molecule has 0 radical (unpaired) electrons. The summed E-state index contributed by atoms with van der Waals surface area (Å²) in [6.07, 6.45) is 5.78. The van der Waals surface area contributed by atoms with E-state index in [4.69, 9.17) is 4.74 Å². The van der Waals surface area contributed by atoms with Crippen molar-refractivity contribution < 1.29 is 4.74 Å². The van der Waals surface area contributed by atoms with E-state index >= 15 is 0 Å². The van der Waals surface area contributed by atoms with Gasteiger partial charge < -0.3 is 9.30 Å². The Bertz CT molecular complexity index is 616. The minimum atomic E-state index is 0.317. The zero-order valence-electron chi connectivity index (χ0n) is 14.2. The van der Waals surface area contributed by atoms with E-state index < -0.39 is 0 Å². The summed E-state index contributed by atoms with van der Waals surface area (Å²) in [5.41, 5.74) is 0. The Morgan fingerprint density at radius 3 is 2.96 bits per heavy atom. The fourth-order valence-electron chi connectivity index (χ4n) is 2.99. The van der Waals surface area contributed by atoms with Gasteiger partial charge in [0.05, 0.1) is 12.6 Å². The maximum Gasteiger partial charge on any atom is 0.147 e. The number of aromatic nitrogens is 3. The second-order valence-electron chi connectivity index (χ2n) is 6.58. The first-order valence-electron chi connectivity index (χ1n) is 8.40. The van der Waals surface area contributed by atoms with Crippen LogP contribution in [0.5, 0.6) is 0 Å². The molecule has 2 aromatic rings. The molecule has 0 unspecified atom stereocenters. The molecule has 0 N–H and O–H groups in total. The Hall–Kier alpha value is -1.24. The third-order valence-electron chi connectivity index (χ3n) is 4.22. The highest BCUT2D eigenvalue weighted by molar-refractivity contribution is 7.12. The van der Waals surface area contributed by atoms with Crippen molar-refractivity contribution >= 4 is 11.3 Å². The second kappa shape index (κ2) is 7.55. The molecule has 126 valence electrons. The quantitative estimate of drug-likeness (QED) is 0.806. The number of hydrogen-bond acceptors (Lipinski definition) is 5. The molecule has 1 fully saturated rings. The number of nitrogens with zero attached hydrogens (tertiary/aromatic N) is 4. The highest BCUT2D eigenvalue weighted by Crippen LogP contribution is 2.33. The first-order valence-corrected chi connectivity index (χ1v) is 9.22. The van der Waals surface area contributed by atoms with E-state index in [-0.39, 0.29) is 0 Å². The van der Waals surface area contributed by atoms with E-state index in [1.54, 1.807) is 0 Å². The highest BCUT2D eigenvalue weighted by atomic mass is 32.1. The molecule has 2 aromatic heterocycles. The van der Waals surface area contributed by atoms with Gasteiger partial charge in [-0.05, 0) is 52.3 Å². The van der Waals surface area contributed by atoms with E-state index in [0.29, 0.717) is 12.1 Å². The molecule has 23 heavy (non-hydrogen) atoms. The lowest BCUT2D eigenvalue weighted by atomic mass is 10.1. The van der Waals surface area contributed by atoms with Gasteiger partial charge in [0.25, 0.3) is 0 Å². The fourth-order valence-corrected chi connectivity index (χ4v) is 4.17. The molecule has 0 saturated carbocycles. The summed E-state index contributed by atoms with van der Waals surface area (Å²) in [6, 6.07) is 4.87. The summed E-state index contributed by atoms with van der Waals surface area (Å²) in [6.45, 7) is 6.96. The van der Waals surface area contributed by atoms with Gasteiger partial charge in [0.15, 0.2) is 0 Å². The Kier molecular flexibility index (Phi) is 5.46. The van der Waals surface area contributed by atoms with Crippen LogP contribution in [0.4, 0.5) is 0 Å². The second-order valence-corrected chi connectivity index (χ2v) is 7.78. The van der Waals surface area contributed by atoms with Crippen LogP contribution in [0.1, 0.15) is 60.8 Å². The van der Waals surface area contributed by atoms with Crippen LogP contribution in [0, 0.1) is 0 Å². The summed E-state index contributed by atoms with van der Waals surface area (Å²) in [5, 5.41) is 8.29. The van der Waals surface area contributed by atoms with Crippen molar-refractivity contribution in [2.75, 3.05) is 13.7 Å². The maximum absolute atomic E-state index is 5.88. The average Bonchev–Trinajstić information content (AvgIpc) is 3.17. The van der Waals surface area contributed by atoms with Gasteiger partial charge in [-0.1, -0.05) is 0 Å². The fraction of sp³-hybridized carbons (Fsp3) is 0.647. The largest absolute Gasteiger partial charge is 0.373 e. The molecule has 1 aliphatic rings. The van der Waals surface area contributed by atoms with Crippen LogP contribution < -0.4 is 0 Å². The van der Waals surface area contributed by atoms with Gasteiger partial charge in [-0.3, -0.25) is 4.90 Å². The minimum Gasteiger partial charge on any atom is -0.373 e. The average molecular weight is 334 g/mol. The molecule has 3 rings (SSSR count). The van der Waals surface area contributed by atoms with Crippen molar-refractivity contribution in [2.24, 2.45) is 0 Å². The van der Waals surface area contributed by atoms with Crippen LogP contribution in [0.15, 0.2) is 18.5 Å². The van der Waals surface area contributed by atoms with Crippen molar-refractivity contribution in [1.29, 1.82) is 0 Å². The number of thiophene rings is 1. The Balaban J connectivity index is 1.58. The summed E-state index contributed by atoms with van der Waals surface area (Å²) in [7, 11) is 2.13. The molecule has 0 aromatic carbocycles. The smallest absolute Gasteiger partial charge is 0.147 e. The first kappa shape index (κ1) is 16.6. The van der Waals surface area contributed by atoms with Gasteiger partial charge in [-0.2, -0.15) is 0 Å². The summed E-state index contributed by atoms with van der Waals surface area (Å²) < 4.78 is 8.02. The highest BCUT2D eigenvalue weighted by Gasteiger charge is 2.18. The lowest BCUT2D eigenvalue weighted by Gasteiger charge is -2.21. The number of hydrogen-bond donors (Lipinski definition) is 0. The number of ether oxygens (including phenoxy) is 1. The number of rotatable bonds is 6. The van der Waals surface area contributed by atoms with Gasteiger partial charge in [-0.25, -0.2) is 0 Å². The predicted molar refractivity (Wildman–Crippen MR) is 92.4 cm³/mol. The molecule has 1 aliphatic heterocycles. The summed E-state index contributed by atoms with van der Waals surface area (Å²) in [5.74, 6) is 1.02. The van der Waals surface area contributed by atoms with E-state index in [2.05, 4.69) is 52.7 Å². The van der Waals surface area contributed by atoms with E-state index in [1.165, 1.54) is 22.6 Å². The van der Waals surface area contributed by atoms with Crippen LogP contribution in [0.3, 0.4) is 0 Å². The van der Waals surface area contributed by atoms with Gasteiger partial charge >= 0.3 is 0 Å². The molecule has 1 atom stereocenters. The third-order valence-corrected chi connectivity index (χ3v) is 5.38. The summed E-state index contributed by atoms with van der Waals surface area (Å²) >= 11 is 1.88. The van der Waals surface area contributed by atoms with Crippen LogP contribution in [0.2, 0.25) is 0 Å². The lowest BCUT2D eigenvalue weighted by molar-refractivity contribution is 0.0172. The van der Waals surface area contributed by atoms with Crippen LogP contribution in [-0.4, -0.2) is 33.3 Å². The Morgan fingerprint density at radius 2 is 2.22 bits per heavy atom. The summed E-state index contributed by atoms with van der Waals surface area (Å²) in [4.78, 5) is 5.05. The molecule has 5 nitrogen and oxygen atoms in total. The lowest BCUT2D eigenvalue weighted by Crippen LogP contribution is -2.20. The monoisotopic (exact) mass is 334 g/mol. The van der Waals surface area contributed by atoms with E-state index in [0.717, 1.165) is 31.9 Å².